The van der Waals surface area contributed by atoms with Gasteiger partial charge in [0.2, 0.25) is 11.8 Å². The minimum atomic E-state index is -0.360. The predicted octanol–water partition coefficient (Wildman–Crippen LogP) is 1.43. The van der Waals surface area contributed by atoms with Crippen LogP contribution in [0.15, 0.2) is 48.5 Å². The highest BCUT2D eigenvalue weighted by atomic mass is 16.3. The first kappa shape index (κ1) is 20.7. The van der Waals surface area contributed by atoms with Crippen LogP contribution < -0.4 is 0 Å². The number of phenolic OH excluding ortho intramolecular Hbond substituents is 2. The summed E-state index contributed by atoms with van der Waals surface area (Å²) in [6.45, 7) is 2.40. The highest BCUT2D eigenvalue weighted by Gasteiger charge is 2.37. The fourth-order valence-electron chi connectivity index (χ4n) is 4.18. The van der Waals surface area contributed by atoms with Gasteiger partial charge in [0.15, 0.2) is 0 Å². The molecule has 2 aliphatic rings. The topological polar surface area (TPSA) is 101 Å². The molecule has 2 fully saturated rings. The number of amides is 3. The highest BCUT2D eigenvalue weighted by molar-refractivity contribution is 5.95. The van der Waals surface area contributed by atoms with Crippen LogP contribution in [-0.2, 0) is 16.1 Å². The van der Waals surface area contributed by atoms with E-state index in [4.69, 9.17) is 0 Å². The van der Waals surface area contributed by atoms with Gasteiger partial charge in [-0.2, -0.15) is 0 Å². The maximum atomic E-state index is 13.0. The summed E-state index contributed by atoms with van der Waals surface area (Å²) in [5, 5.41) is 19.2. The Hall–Kier alpha value is -3.55. The molecular weight excluding hydrogens is 398 g/mol. The zero-order chi connectivity index (χ0) is 22.0. The molecular formula is C23H25N3O5. The van der Waals surface area contributed by atoms with Crippen LogP contribution >= 0.6 is 0 Å². The van der Waals surface area contributed by atoms with Crippen molar-refractivity contribution in [1.82, 2.24) is 14.7 Å². The minimum Gasteiger partial charge on any atom is -0.508 e. The molecule has 0 radical (unpaired) electrons. The van der Waals surface area contributed by atoms with Gasteiger partial charge >= 0.3 is 0 Å². The number of piperazine rings is 1. The van der Waals surface area contributed by atoms with Crippen LogP contribution in [0.4, 0.5) is 0 Å². The molecule has 8 nitrogen and oxygen atoms in total. The van der Waals surface area contributed by atoms with E-state index >= 15 is 0 Å². The number of rotatable bonds is 4. The second-order valence-corrected chi connectivity index (χ2v) is 8.02. The van der Waals surface area contributed by atoms with Crippen molar-refractivity contribution in [2.24, 2.45) is 5.92 Å². The number of aromatic hydroxyl groups is 2. The number of likely N-dealkylation sites (tertiary alicyclic amines) is 1. The normalized spacial score (nSPS) is 19.0. The van der Waals surface area contributed by atoms with Crippen molar-refractivity contribution >= 4 is 17.7 Å². The molecule has 0 aliphatic carbocycles. The summed E-state index contributed by atoms with van der Waals surface area (Å²) in [5.74, 6) is -1.08. The third-order valence-corrected chi connectivity index (χ3v) is 5.81. The van der Waals surface area contributed by atoms with E-state index in [1.807, 2.05) is 30.3 Å². The van der Waals surface area contributed by atoms with E-state index in [0.29, 0.717) is 39.3 Å². The third kappa shape index (κ3) is 4.63. The molecule has 0 bridgehead atoms. The standard InChI is InChI=1S/C23H25N3O5/c27-19-10-17(11-20(28)13-19)22(30)24-6-8-25(9-7-24)23(31)18-12-21(29)26(15-18)14-16-4-2-1-3-5-16/h1-5,10-11,13,18,27-28H,6-9,12,14-15H2. The molecule has 4 rings (SSSR count). The SMILES string of the molecule is O=C1CC(C(=O)N2CCN(C(=O)c3cc(O)cc(O)c3)CC2)CN1Cc1ccccc1. The Kier molecular flexibility index (Phi) is 5.79. The van der Waals surface area contributed by atoms with Crippen molar-refractivity contribution < 1.29 is 24.6 Å². The van der Waals surface area contributed by atoms with Gasteiger partial charge in [-0.1, -0.05) is 30.3 Å². The molecule has 162 valence electrons. The second-order valence-electron chi connectivity index (χ2n) is 8.02. The van der Waals surface area contributed by atoms with E-state index in [1.165, 1.54) is 12.1 Å². The quantitative estimate of drug-likeness (QED) is 0.775. The van der Waals surface area contributed by atoms with Gasteiger partial charge in [-0.3, -0.25) is 14.4 Å². The van der Waals surface area contributed by atoms with E-state index in [2.05, 4.69) is 0 Å². The zero-order valence-electron chi connectivity index (χ0n) is 17.1. The van der Waals surface area contributed by atoms with Crippen molar-refractivity contribution in [3.63, 3.8) is 0 Å². The van der Waals surface area contributed by atoms with Crippen LogP contribution in [-0.4, -0.2) is 75.4 Å². The van der Waals surface area contributed by atoms with Gasteiger partial charge in [0.1, 0.15) is 11.5 Å². The Bertz CT molecular complexity index is 966. The van der Waals surface area contributed by atoms with E-state index in [9.17, 15) is 24.6 Å². The molecule has 2 heterocycles. The van der Waals surface area contributed by atoms with Crippen LogP contribution in [0.1, 0.15) is 22.3 Å². The Labute approximate surface area is 180 Å². The molecule has 2 N–H and O–H groups in total. The van der Waals surface area contributed by atoms with Gasteiger partial charge in [0, 0.05) is 57.3 Å². The Balaban J connectivity index is 1.32. The largest absolute Gasteiger partial charge is 0.508 e. The maximum Gasteiger partial charge on any atom is 0.254 e. The van der Waals surface area contributed by atoms with Crippen LogP contribution in [0.2, 0.25) is 0 Å². The lowest BCUT2D eigenvalue weighted by Gasteiger charge is -2.36. The van der Waals surface area contributed by atoms with E-state index in [0.717, 1.165) is 11.6 Å². The summed E-state index contributed by atoms with van der Waals surface area (Å²) in [4.78, 5) is 43.0. The van der Waals surface area contributed by atoms with E-state index in [1.54, 1.807) is 14.7 Å². The van der Waals surface area contributed by atoms with Crippen LogP contribution in [0.3, 0.4) is 0 Å². The summed E-state index contributed by atoms with van der Waals surface area (Å²) in [5.41, 5.74) is 1.24. The van der Waals surface area contributed by atoms with Gasteiger partial charge in [-0.25, -0.2) is 0 Å². The summed E-state index contributed by atoms with van der Waals surface area (Å²) >= 11 is 0. The monoisotopic (exact) mass is 423 g/mol. The van der Waals surface area contributed by atoms with Gasteiger partial charge in [0.05, 0.1) is 5.92 Å². The Morgan fingerprint density at radius 1 is 0.903 bits per heavy atom. The molecule has 2 aromatic rings. The number of nitrogens with zero attached hydrogens (tertiary/aromatic N) is 3. The number of phenols is 2. The Morgan fingerprint density at radius 2 is 1.52 bits per heavy atom. The van der Waals surface area contributed by atoms with Crippen molar-refractivity contribution in [1.29, 1.82) is 0 Å². The van der Waals surface area contributed by atoms with E-state index < -0.39 is 0 Å². The summed E-state index contributed by atoms with van der Waals surface area (Å²) in [6, 6.07) is 13.5. The number of carbonyl (C=O) groups is 3. The summed E-state index contributed by atoms with van der Waals surface area (Å²) in [7, 11) is 0. The lowest BCUT2D eigenvalue weighted by atomic mass is 10.1. The van der Waals surface area contributed by atoms with Gasteiger partial charge in [-0.15, -0.1) is 0 Å². The number of benzene rings is 2. The zero-order valence-corrected chi connectivity index (χ0v) is 17.1. The molecule has 0 saturated carbocycles. The molecule has 31 heavy (non-hydrogen) atoms. The fraction of sp³-hybridized carbons (Fsp3) is 0.348. The lowest BCUT2D eigenvalue weighted by molar-refractivity contribution is -0.137. The first-order valence-electron chi connectivity index (χ1n) is 10.3. The molecule has 2 aromatic carbocycles. The first-order valence-corrected chi connectivity index (χ1v) is 10.3. The summed E-state index contributed by atoms with van der Waals surface area (Å²) in [6.07, 6.45) is 0.216. The molecule has 1 unspecified atom stereocenters. The van der Waals surface area contributed by atoms with Gasteiger partial charge < -0.3 is 24.9 Å². The maximum absolute atomic E-state index is 13.0. The fourth-order valence-corrected chi connectivity index (χ4v) is 4.18. The molecule has 2 aliphatic heterocycles. The number of hydrogen-bond acceptors (Lipinski definition) is 5. The molecule has 0 aromatic heterocycles. The van der Waals surface area contributed by atoms with Crippen molar-refractivity contribution in [3.8, 4) is 11.5 Å². The van der Waals surface area contributed by atoms with Gasteiger partial charge in [0.25, 0.3) is 5.91 Å². The average Bonchev–Trinajstić information content (AvgIpc) is 3.13. The number of carbonyl (C=O) groups excluding carboxylic acids is 3. The molecule has 2 saturated heterocycles. The van der Waals surface area contributed by atoms with Crippen molar-refractivity contribution in [3.05, 3.63) is 59.7 Å². The van der Waals surface area contributed by atoms with Crippen LogP contribution in [0, 0.1) is 5.92 Å². The predicted molar refractivity (Wildman–Crippen MR) is 112 cm³/mol. The van der Waals surface area contributed by atoms with Crippen LogP contribution in [0.25, 0.3) is 0 Å². The van der Waals surface area contributed by atoms with E-state index in [-0.39, 0.29) is 47.1 Å². The third-order valence-electron chi connectivity index (χ3n) is 5.81. The molecule has 8 heteroatoms. The minimum absolute atomic E-state index is 0.0142. The Morgan fingerprint density at radius 3 is 2.16 bits per heavy atom. The smallest absolute Gasteiger partial charge is 0.254 e. The molecule has 0 spiro atoms. The molecule has 1 atom stereocenters. The number of hydrogen-bond donors (Lipinski definition) is 2. The highest BCUT2D eigenvalue weighted by Crippen LogP contribution is 2.24. The lowest BCUT2D eigenvalue weighted by Crippen LogP contribution is -2.52. The average molecular weight is 423 g/mol. The molecule has 3 amide bonds. The van der Waals surface area contributed by atoms with Gasteiger partial charge in [-0.05, 0) is 17.7 Å². The van der Waals surface area contributed by atoms with Crippen LogP contribution in [0.5, 0.6) is 11.5 Å². The second kappa shape index (κ2) is 8.67. The van der Waals surface area contributed by atoms with Crippen molar-refractivity contribution in [2.75, 3.05) is 32.7 Å². The first-order chi connectivity index (χ1) is 14.9. The van der Waals surface area contributed by atoms with Crippen molar-refractivity contribution in [2.45, 2.75) is 13.0 Å². The summed E-state index contributed by atoms with van der Waals surface area (Å²) < 4.78 is 0.